The Bertz CT molecular complexity index is 703. The third-order valence-electron chi connectivity index (χ3n) is 3.55. The van der Waals surface area contributed by atoms with E-state index >= 15 is 0 Å². The van der Waals surface area contributed by atoms with E-state index in [1.54, 1.807) is 0 Å². The number of fused-ring (bicyclic) bond motifs is 1. The summed E-state index contributed by atoms with van der Waals surface area (Å²) in [5.41, 5.74) is 3.71. The molecule has 2 aromatic carbocycles. The molecule has 1 amide bonds. The molecule has 108 valence electrons. The molecule has 0 aromatic heterocycles. The lowest BCUT2D eigenvalue weighted by Crippen LogP contribution is -2.23. The van der Waals surface area contributed by atoms with Gasteiger partial charge in [-0.15, -0.1) is 0 Å². The molecule has 0 bridgehead atoms. The van der Waals surface area contributed by atoms with Crippen LogP contribution in [0.1, 0.15) is 27.0 Å². The molecule has 0 radical (unpaired) electrons. The SMILES string of the molecule is O=C(NCc1ccc2c(c1)CNC2)c1cccc(F)c1Cl. The number of hydrogen-bond donors (Lipinski definition) is 2. The minimum absolute atomic E-state index is 0.145. The first-order valence-corrected chi connectivity index (χ1v) is 7.06. The van der Waals surface area contributed by atoms with Crippen LogP contribution in [0.15, 0.2) is 36.4 Å². The molecule has 0 unspecified atom stereocenters. The molecule has 0 saturated heterocycles. The number of carbonyl (C=O) groups is 1. The molecular weight excluding hydrogens is 291 g/mol. The van der Waals surface area contributed by atoms with Crippen molar-refractivity contribution >= 4 is 17.5 Å². The van der Waals surface area contributed by atoms with Gasteiger partial charge < -0.3 is 10.6 Å². The molecule has 2 aromatic rings. The summed E-state index contributed by atoms with van der Waals surface area (Å²) in [5.74, 6) is -0.967. The second-order valence-electron chi connectivity index (χ2n) is 4.99. The van der Waals surface area contributed by atoms with Crippen molar-refractivity contribution in [3.63, 3.8) is 0 Å². The normalized spacial score (nSPS) is 13.0. The molecule has 5 heteroatoms. The van der Waals surface area contributed by atoms with Crippen molar-refractivity contribution in [2.75, 3.05) is 0 Å². The van der Waals surface area contributed by atoms with Crippen LogP contribution in [0.5, 0.6) is 0 Å². The van der Waals surface area contributed by atoms with Crippen LogP contribution in [0.4, 0.5) is 4.39 Å². The molecule has 1 aliphatic heterocycles. The van der Waals surface area contributed by atoms with Crippen molar-refractivity contribution in [3.05, 3.63) is 69.5 Å². The smallest absolute Gasteiger partial charge is 0.253 e. The van der Waals surface area contributed by atoms with Crippen molar-refractivity contribution in [1.82, 2.24) is 10.6 Å². The van der Waals surface area contributed by atoms with Crippen LogP contribution in [0.2, 0.25) is 5.02 Å². The first kappa shape index (κ1) is 14.0. The maximum atomic E-state index is 13.3. The second kappa shape index (κ2) is 5.84. The fraction of sp³-hybridized carbons (Fsp3) is 0.188. The van der Waals surface area contributed by atoms with Gasteiger partial charge in [-0.1, -0.05) is 35.9 Å². The minimum Gasteiger partial charge on any atom is -0.348 e. The van der Waals surface area contributed by atoms with Gasteiger partial charge >= 0.3 is 0 Å². The van der Waals surface area contributed by atoms with E-state index in [0.717, 1.165) is 18.7 Å². The van der Waals surface area contributed by atoms with Crippen molar-refractivity contribution in [3.8, 4) is 0 Å². The summed E-state index contributed by atoms with van der Waals surface area (Å²) in [4.78, 5) is 12.1. The van der Waals surface area contributed by atoms with Crippen molar-refractivity contribution in [2.24, 2.45) is 0 Å². The van der Waals surface area contributed by atoms with Crippen LogP contribution in [-0.4, -0.2) is 5.91 Å². The fourth-order valence-corrected chi connectivity index (χ4v) is 2.63. The average Bonchev–Trinajstić information content (AvgIpc) is 2.95. The van der Waals surface area contributed by atoms with Crippen LogP contribution in [0.3, 0.4) is 0 Å². The molecule has 0 saturated carbocycles. The molecule has 0 atom stereocenters. The Labute approximate surface area is 127 Å². The highest BCUT2D eigenvalue weighted by Crippen LogP contribution is 2.20. The lowest BCUT2D eigenvalue weighted by atomic mass is 10.1. The van der Waals surface area contributed by atoms with E-state index in [0.29, 0.717) is 6.54 Å². The summed E-state index contributed by atoms with van der Waals surface area (Å²) in [5, 5.41) is 5.89. The van der Waals surface area contributed by atoms with E-state index in [1.165, 1.54) is 29.3 Å². The molecule has 1 heterocycles. The van der Waals surface area contributed by atoms with E-state index in [9.17, 15) is 9.18 Å². The molecule has 1 aliphatic rings. The summed E-state index contributed by atoms with van der Waals surface area (Å²) in [7, 11) is 0. The van der Waals surface area contributed by atoms with E-state index in [-0.39, 0.29) is 16.5 Å². The Hall–Kier alpha value is -1.91. The zero-order valence-electron chi connectivity index (χ0n) is 11.2. The van der Waals surface area contributed by atoms with Crippen molar-refractivity contribution < 1.29 is 9.18 Å². The first-order valence-electron chi connectivity index (χ1n) is 6.69. The van der Waals surface area contributed by atoms with Gasteiger partial charge in [-0.2, -0.15) is 0 Å². The topological polar surface area (TPSA) is 41.1 Å². The van der Waals surface area contributed by atoms with Gasteiger partial charge in [0.2, 0.25) is 0 Å². The van der Waals surface area contributed by atoms with Gasteiger partial charge in [0.25, 0.3) is 5.91 Å². The van der Waals surface area contributed by atoms with Gasteiger partial charge in [-0.05, 0) is 28.8 Å². The highest BCUT2D eigenvalue weighted by Gasteiger charge is 2.14. The number of carbonyl (C=O) groups excluding carboxylic acids is 1. The van der Waals surface area contributed by atoms with Crippen LogP contribution in [0, 0.1) is 5.82 Å². The second-order valence-corrected chi connectivity index (χ2v) is 5.37. The molecule has 3 rings (SSSR count). The van der Waals surface area contributed by atoms with Gasteiger partial charge in [0.05, 0.1) is 10.6 Å². The molecule has 0 fully saturated rings. The lowest BCUT2D eigenvalue weighted by Gasteiger charge is -2.08. The maximum Gasteiger partial charge on any atom is 0.253 e. The van der Waals surface area contributed by atoms with E-state index in [4.69, 9.17) is 11.6 Å². The zero-order valence-corrected chi connectivity index (χ0v) is 12.0. The Morgan fingerprint density at radius 1 is 1.24 bits per heavy atom. The molecule has 3 nitrogen and oxygen atoms in total. The number of hydrogen-bond acceptors (Lipinski definition) is 2. The Kier molecular flexibility index (Phi) is 3.90. The van der Waals surface area contributed by atoms with Crippen LogP contribution >= 0.6 is 11.6 Å². The first-order chi connectivity index (χ1) is 10.1. The zero-order chi connectivity index (χ0) is 14.8. The van der Waals surface area contributed by atoms with Crippen molar-refractivity contribution in [2.45, 2.75) is 19.6 Å². The number of amides is 1. The quantitative estimate of drug-likeness (QED) is 0.915. The summed E-state index contributed by atoms with van der Waals surface area (Å²) < 4.78 is 13.3. The van der Waals surface area contributed by atoms with Gasteiger partial charge in [-0.25, -0.2) is 4.39 Å². The van der Waals surface area contributed by atoms with Crippen LogP contribution in [0.25, 0.3) is 0 Å². The van der Waals surface area contributed by atoms with Gasteiger partial charge in [0.1, 0.15) is 5.82 Å². The van der Waals surface area contributed by atoms with Crippen molar-refractivity contribution in [1.29, 1.82) is 0 Å². The fourth-order valence-electron chi connectivity index (χ4n) is 2.41. The van der Waals surface area contributed by atoms with Gasteiger partial charge in [0.15, 0.2) is 0 Å². The predicted molar refractivity (Wildman–Crippen MR) is 79.6 cm³/mol. The van der Waals surface area contributed by atoms with Gasteiger partial charge in [0, 0.05) is 19.6 Å². The third-order valence-corrected chi connectivity index (χ3v) is 3.94. The summed E-state index contributed by atoms with van der Waals surface area (Å²) in [6, 6.07) is 10.3. The van der Waals surface area contributed by atoms with Crippen LogP contribution < -0.4 is 10.6 Å². The lowest BCUT2D eigenvalue weighted by molar-refractivity contribution is 0.0950. The Balaban J connectivity index is 1.70. The third kappa shape index (κ3) is 2.91. The largest absolute Gasteiger partial charge is 0.348 e. The van der Waals surface area contributed by atoms with E-state index in [2.05, 4.69) is 22.8 Å². The standard InChI is InChI=1S/C16H14ClFN2O/c17-15-13(2-1-3-14(15)18)16(21)20-7-10-4-5-11-8-19-9-12(11)6-10/h1-6,19H,7-9H2,(H,20,21). The number of halogens is 2. The number of rotatable bonds is 3. The molecule has 2 N–H and O–H groups in total. The summed E-state index contributed by atoms with van der Waals surface area (Å²) in [6.45, 7) is 2.13. The molecule has 0 spiro atoms. The van der Waals surface area contributed by atoms with Gasteiger partial charge in [-0.3, -0.25) is 4.79 Å². The minimum atomic E-state index is -0.590. The average molecular weight is 305 g/mol. The molecule has 21 heavy (non-hydrogen) atoms. The monoisotopic (exact) mass is 304 g/mol. The molecule has 0 aliphatic carbocycles. The summed E-state index contributed by atoms with van der Waals surface area (Å²) >= 11 is 5.80. The van der Waals surface area contributed by atoms with E-state index < -0.39 is 5.82 Å². The molecular formula is C16H14ClFN2O. The van der Waals surface area contributed by atoms with Crippen LogP contribution in [-0.2, 0) is 19.6 Å². The number of nitrogens with one attached hydrogen (secondary N) is 2. The summed E-state index contributed by atoms with van der Waals surface area (Å²) in [6.07, 6.45) is 0. The predicted octanol–water partition coefficient (Wildman–Crippen LogP) is 3.01. The Morgan fingerprint density at radius 2 is 2.05 bits per heavy atom. The maximum absolute atomic E-state index is 13.3. The van der Waals surface area contributed by atoms with E-state index in [1.807, 2.05) is 6.07 Å². The highest BCUT2D eigenvalue weighted by molar-refractivity contribution is 6.34. The highest BCUT2D eigenvalue weighted by atomic mass is 35.5. The Morgan fingerprint density at radius 3 is 2.90 bits per heavy atom. The number of benzene rings is 2.